The summed E-state index contributed by atoms with van der Waals surface area (Å²) in [5.74, 6) is 1.67. The highest BCUT2D eigenvalue weighted by Crippen LogP contribution is 2.25. The first-order valence-corrected chi connectivity index (χ1v) is 8.83. The Morgan fingerprint density at radius 2 is 2.00 bits per heavy atom. The van der Waals surface area contributed by atoms with Crippen molar-refractivity contribution in [2.45, 2.75) is 6.92 Å². The van der Waals surface area contributed by atoms with Gasteiger partial charge in [0.25, 0.3) is 0 Å². The Kier molecular flexibility index (Phi) is 5.54. The van der Waals surface area contributed by atoms with E-state index < -0.39 is 0 Å². The topological polar surface area (TPSA) is 64.4 Å². The Morgan fingerprint density at radius 1 is 1.23 bits per heavy atom. The normalized spacial score (nSPS) is 13.9. The number of pyridine rings is 1. The molecular weight excluding hydrogens is 346 g/mol. The van der Waals surface area contributed by atoms with Crippen molar-refractivity contribution in [3.05, 3.63) is 47.7 Å². The second-order valence-electron chi connectivity index (χ2n) is 6.12. The monoisotopic (exact) mass is 367 g/mol. The summed E-state index contributed by atoms with van der Waals surface area (Å²) in [6.07, 6.45) is 1.61. The minimum atomic E-state index is 0.574. The molecule has 0 bridgehead atoms. The number of thiocarbonyl (C=S) groups is 1. The van der Waals surface area contributed by atoms with Crippen molar-refractivity contribution in [2.75, 3.05) is 43.5 Å². The van der Waals surface area contributed by atoms with Crippen LogP contribution >= 0.6 is 12.2 Å². The molecule has 0 unspecified atom stereocenters. The lowest BCUT2D eigenvalue weighted by Crippen LogP contribution is -2.50. The second kappa shape index (κ2) is 8.02. The highest BCUT2D eigenvalue weighted by Gasteiger charge is 2.20. The Labute approximate surface area is 159 Å². The van der Waals surface area contributed by atoms with E-state index in [1.807, 2.05) is 31.2 Å². The summed E-state index contributed by atoms with van der Waals surface area (Å²) in [4.78, 5) is 8.72. The van der Waals surface area contributed by atoms with Gasteiger partial charge in [-0.3, -0.25) is 0 Å². The van der Waals surface area contributed by atoms with E-state index in [9.17, 15) is 0 Å². The summed E-state index contributed by atoms with van der Waals surface area (Å²) in [6.45, 7) is 5.30. The number of benzene rings is 1. The lowest BCUT2D eigenvalue weighted by atomic mass is 10.2. The number of aryl methyl sites for hydroxylation is 1. The average Bonchev–Trinajstić information content (AvgIpc) is 2.68. The molecule has 1 aromatic heterocycles. The molecule has 1 aliphatic rings. The van der Waals surface area contributed by atoms with Crippen LogP contribution in [0.15, 0.2) is 36.5 Å². The lowest BCUT2D eigenvalue weighted by molar-refractivity contribution is 0.389. The van der Waals surface area contributed by atoms with E-state index in [1.54, 1.807) is 19.4 Å². The van der Waals surface area contributed by atoms with Gasteiger partial charge in [-0.1, -0.05) is 6.07 Å². The fourth-order valence-electron chi connectivity index (χ4n) is 2.89. The van der Waals surface area contributed by atoms with Gasteiger partial charge in [-0.25, -0.2) is 4.98 Å². The number of nitriles is 1. The van der Waals surface area contributed by atoms with Gasteiger partial charge in [0.2, 0.25) is 0 Å². The zero-order valence-corrected chi connectivity index (χ0v) is 15.7. The number of nitrogens with zero attached hydrogens (tertiary/aromatic N) is 4. The molecular formula is C19H21N5OS. The molecule has 2 heterocycles. The third-order valence-electron chi connectivity index (χ3n) is 4.36. The lowest BCUT2D eigenvalue weighted by Gasteiger charge is -2.36. The molecule has 134 valence electrons. The first-order valence-electron chi connectivity index (χ1n) is 8.42. The fourth-order valence-corrected chi connectivity index (χ4v) is 3.18. The predicted molar refractivity (Wildman–Crippen MR) is 107 cm³/mol. The van der Waals surface area contributed by atoms with Gasteiger partial charge in [-0.15, -0.1) is 0 Å². The van der Waals surface area contributed by atoms with Crippen molar-refractivity contribution < 1.29 is 4.74 Å². The van der Waals surface area contributed by atoms with Gasteiger partial charge in [-0.2, -0.15) is 5.26 Å². The van der Waals surface area contributed by atoms with Gasteiger partial charge in [0.05, 0.1) is 18.4 Å². The SMILES string of the molecule is COc1ccc(C)cc1NC(=S)N1CCN(c2ccc(C#N)cn2)CC1. The van der Waals surface area contributed by atoms with Gasteiger partial charge in [0, 0.05) is 32.4 Å². The standard InChI is InChI=1S/C19H21N5OS/c1-14-3-5-17(25-2)16(11-14)22-19(26)24-9-7-23(8-10-24)18-6-4-15(12-20)13-21-18/h3-6,11,13H,7-10H2,1-2H3,(H,22,26). The Balaban J connectivity index is 1.60. The van der Waals surface area contributed by atoms with E-state index in [4.69, 9.17) is 22.2 Å². The summed E-state index contributed by atoms with van der Waals surface area (Å²) >= 11 is 5.58. The third kappa shape index (κ3) is 4.03. The number of ether oxygens (including phenoxy) is 1. The van der Waals surface area contributed by atoms with Crippen LogP contribution in [0.3, 0.4) is 0 Å². The first-order chi connectivity index (χ1) is 12.6. The predicted octanol–water partition coefficient (Wildman–Crippen LogP) is 2.79. The molecule has 1 aliphatic heterocycles. The van der Waals surface area contributed by atoms with Crippen LogP contribution in [0.4, 0.5) is 11.5 Å². The number of rotatable bonds is 3. The third-order valence-corrected chi connectivity index (χ3v) is 4.72. The van der Waals surface area contributed by atoms with Gasteiger partial charge >= 0.3 is 0 Å². The minimum absolute atomic E-state index is 0.574. The van der Waals surface area contributed by atoms with Gasteiger partial charge in [-0.05, 0) is 49.0 Å². The maximum Gasteiger partial charge on any atom is 0.173 e. The van der Waals surface area contributed by atoms with Crippen LogP contribution in [-0.4, -0.2) is 48.3 Å². The van der Waals surface area contributed by atoms with Crippen LogP contribution in [0.1, 0.15) is 11.1 Å². The quantitative estimate of drug-likeness (QED) is 0.837. The van der Waals surface area contributed by atoms with E-state index in [0.29, 0.717) is 10.7 Å². The molecule has 0 atom stereocenters. The minimum Gasteiger partial charge on any atom is -0.495 e. The number of nitrogens with one attached hydrogen (secondary N) is 1. The van der Waals surface area contributed by atoms with E-state index >= 15 is 0 Å². The molecule has 7 heteroatoms. The van der Waals surface area contributed by atoms with Crippen molar-refractivity contribution >= 4 is 28.8 Å². The van der Waals surface area contributed by atoms with E-state index in [1.165, 1.54) is 0 Å². The highest BCUT2D eigenvalue weighted by atomic mass is 32.1. The van der Waals surface area contributed by atoms with E-state index in [2.05, 4.69) is 26.2 Å². The van der Waals surface area contributed by atoms with Crippen molar-refractivity contribution in [1.29, 1.82) is 5.26 Å². The summed E-state index contributed by atoms with van der Waals surface area (Å²) < 4.78 is 5.40. The van der Waals surface area contributed by atoms with Gasteiger partial charge in [0.15, 0.2) is 5.11 Å². The molecule has 26 heavy (non-hydrogen) atoms. The number of aromatic nitrogens is 1. The summed E-state index contributed by atoms with van der Waals surface area (Å²) in [6, 6.07) is 11.8. The van der Waals surface area contributed by atoms with Crippen LogP contribution < -0.4 is 15.0 Å². The van der Waals surface area contributed by atoms with E-state index in [-0.39, 0.29) is 0 Å². The van der Waals surface area contributed by atoms with Gasteiger partial charge < -0.3 is 19.9 Å². The summed E-state index contributed by atoms with van der Waals surface area (Å²) in [7, 11) is 1.66. The molecule has 1 saturated heterocycles. The van der Waals surface area contributed by atoms with Gasteiger partial charge in [0.1, 0.15) is 17.6 Å². The number of hydrogen-bond acceptors (Lipinski definition) is 5. The molecule has 3 rings (SSSR count). The Bertz CT molecular complexity index is 823. The first kappa shape index (κ1) is 18.0. The van der Waals surface area contributed by atoms with Crippen molar-refractivity contribution in [1.82, 2.24) is 9.88 Å². The molecule has 0 saturated carbocycles. The van der Waals surface area contributed by atoms with Crippen LogP contribution in [0.2, 0.25) is 0 Å². The number of anilines is 2. The number of methoxy groups -OCH3 is 1. The van der Waals surface area contributed by atoms with Crippen LogP contribution in [0.5, 0.6) is 5.75 Å². The van der Waals surface area contributed by atoms with Crippen LogP contribution in [0.25, 0.3) is 0 Å². The molecule has 1 N–H and O–H groups in total. The second-order valence-corrected chi connectivity index (χ2v) is 6.51. The van der Waals surface area contributed by atoms with Crippen molar-refractivity contribution in [3.8, 4) is 11.8 Å². The highest BCUT2D eigenvalue weighted by molar-refractivity contribution is 7.80. The molecule has 1 fully saturated rings. The molecule has 0 aliphatic carbocycles. The molecule has 0 amide bonds. The molecule has 2 aromatic rings. The smallest absolute Gasteiger partial charge is 0.173 e. The molecule has 6 nitrogen and oxygen atoms in total. The molecule has 0 radical (unpaired) electrons. The fraction of sp³-hybridized carbons (Fsp3) is 0.316. The van der Waals surface area contributed by atoms with Crippen molar-refractivity contribution in [2.24, 2.45) is 0 Å². The maximum absolute atomic E-state index is 8.87. The van der Waals surface area contributed by atoms with Crippen LogP contribution in [-0.2, 0) is 0 Å². The number of hydrogen-bond donors (Lipinski definition) is 1. The molecule has 0 spiro atoms. The Hall–Kier alpha value is -2.85. The van der Waals surface area contributed by atoms with Crippen molar-refractivity contribution in [3.63, 3.8) is 0 Å². The zero-order chi connectivity index (χ0) is 18.5. The maximum atomic E-state index is 8.87. The molecule has 1 aromatic carbocycles. The van der Waals surface area contributed by atoms with E-state index in [0.717, 1.165) is 49.0 Å². The largest absolute Gasteiger partial charge is 0.495 e. The average molecular weight is 367 g/mol. The summed E-state index contributed by atoms with van der Waals surface area (Å²) in [5, 5.41) is 12.9. The zero-order valence-electron chi connectivity index (χ0n) is 14.9. The Morgan fingerprint density at radius 3 is 2.62 bits per heavy atom. The summed E-state index contributed by atoms with van der Waals surface area (Å²) in [5.41, 5.74) is 2.60. The van der Waals surface area contributed by atoms with Crippen LogP contribution in [0, 0.1) is 18.3 Å². The number of piperazine rings is 1.